The van der Waals surface area contributed by atoms with Crippen molar-refractivity contribution in [2.45, 2.75) is 106 Å². The highest BCUT2D eigenvalue weighted by atomic mass is 16.4. The summed E-state index contributed by atoms with van der Waals surface area (Å²) >= 11 is 0. The van der Waals surface area contributed by atoms with Gasteiger partial charge in [0.25, 0.3) is 0 Å². The van der Waals surface area contributed by atoms with Gasteiger partial charge in [-0.3, -0.25) is 9.59 Å². The number of hydrogen-bond donors (Lipinski definition) is 1. The van der Waals surface area contributed by atoms with E-state index < -0.39 is 11.4 Å². The van der Waals surface area contributed by atoms with Gasteiger partial charge in [-0.05, 0) is 97.2 Å². The van der Waals surface area contributed by atoms with Crippen LogP contribution in [0.5, 0.6) is 0 Å². The van der Waals surface area contributed by atoms with Gasteiger partial charge in [0.1, 0.15) is 5.78 Å². The maximum atomic E-state index is 12.9. The van der Waals surface area contributed by atoms with Crippen molar-refractivity contribution < 1.29 is 14.7 Å². The Bertz CT molecular complexity index is 916. The number of carboxylic acids is 1. The zero-order valence-corrected chi connectivity index (χ0v) is 22.1. The molecule has 0 bridgehead atoms. The summed E-state index contributed by atoms with van der Waals surface area (Å²) in [5.74, 6) is 2.10. The maximum Gasteiger partial charge on any atom is 0.310 e. The lowest BCUT2D eigenvalue weighted by Gasteiger charge is -2.70. The number of aliphatic carboxylic acids is 1. The predicted molar refractivity (Wildman–Crippen MR) is 132 cm³/mol. The first-order valence-corrected chi connectivity index (χ1v) is 13.7. The fourth-order valence-corrected chi connectivity index (χ4v) is 10.7. The minimum absolute atomic E-state index is 0.0600. The van der Waals surface area contributed by atoms with Crippen LogP contribution in [-0.4, -0.2) is 16.9 Å². The Morgan fingerprint density at radius 1 is 0.939 bits per heavy atom. The van der Waals surface area contributed by atoms with Gasteiger partial charge < -0.3 is 5.11 Å². The maximum absolute atomic E-state index is 12.9. The van der Waals surface area contributed by atoms with Gasteiger partial charge in [-0.1, -0.05) is 60.1 Å². The first-order valence-electron chi connectivity index (χ1n) is 13.7. The molecule has 5 aliphatic rings. The van der Waals surface area contributed by atoms with Crippen molar-refractivity contribution in [1.82, 2.24) is 0 Å². The number of carboxylic acid groups (broad SMARTS) is 1. The molecule has 0 aromatic carbocycles. The van der Waals surface area contributed by atoms with Crippen LogP contribution in [0.3, 0.4) is 0 Å². The van der Waals surface area contributed by atoms with Crippen LogP contribution in [0.25, 0.3) is 0 Å². The van der Waals surface area contributed by atoms with Crippen LogP contribution in [0.2, 0.25) is 0 Å². The normalized spacial score (nSPS) is 53.1. The molecule has 0 spiro atoms. The highest BCUT2D eigenvalue weighted by Gasteiger charge is 2.69. The molecule has 3 heteroatoms. The summed E-state index contributed by atoms with van der Waals surface area (Å²) in [6.45, 7) is 16.7. The van der Waals surface area contributed by atoms with E-state index in [0.717, 1.165) is 51.4 Å². The second-order valence-corrected chi connectivity index (χ2v) is 14.3. The molecule has 9 atom stereocenters. The topological polar surface area (TPSA) is 54.4 Å². The molecule has 1 N–H and O–H groups in total. The highest BCUT2D eigenvalue weighted by molar-refractivity contribution is 5.85. The van der Waals surface area contributed by atoms with E-state index in [-0.39, 0.29) is 27.6 Å². The average molecular weight is 455 g/mol. The van der Waals surface area contributed by atoms with Gasteiger partial charge in [0.05, 0.1) is 5.41 Å². The molecule has 2 unspecified atom stereocenters. The third-order valence-electron chi connectivity index (χ3n) is 13.2. The van der Waals surface area contributed by atoms with E-state index in [1.165, 1.54) is 12.0 Å². The smallest absolute Gasteiger partial charge is 0.310 e. The molecule has 4 saturated carbocycles. The van der Waals surface area contributed by atoms with Crippen LogP contribution in [-0.2, 0) is 9.59 Å². The van der Waals surface area contributed by atoms with Crippen LogP contribution in [0.4, 0.5) is 0 Å². The van der Waals surface area contributed by atoms with E-state index in [0.29, 0.717) is 29.5 Å². The number of allylic oxidation sites excluding steroid dienone is 2. The molecule has 33 heavy (non-hydrogen) atoms. The Labute approximate surface area is 201 Å². The summed E-state index contributed by atoms with van der Waals surface area (Å²) in [6, 6.07) is 0. The lowest BCUT2D eigenvalue weighted by molar-refractivity contribution is -0.190. The van der Waals surface area contributed by atoms with E-state index in [1.807, 2.05) is 0 Å². The molecule has 0 aliphatic heterocycles. The number of Topliss-reactive ketones (excluding diaryl/α,β-unsaturated/α-hetero) is 1. The van der Waals surface area contributed by atoms with E-state index in [1.54, 1.807) is 0 Å². The lowest BCUT2D eigenvalue weighted by Crippen LogP contribution is -2.65. The quantitative estimate of drug-likeness (QED) is 0.423. The summed E-state index contributed by atoms with van der Waals surface area (Å²) in [7, 11) is 0. The Morgan fingerprint density at radius 2 is 1.64 bits per heavy atom. The van der Waals surface area contributed by atoms with Gasteiger partial charge >= 0.3 is 5.97 Å². The zero-order valence-electron chi connectivity index (χ0n) is 22.1. The van der Waals surface area contributed by atoms with E-state index in [4.69, 9.17) is 0 Å². The third-order valence-corrected chi connectivity index (χ3v) is 13.2. The monoisotopic (exact) mass is 454 g/mol. The summed E-state index contributed by atoms with van der Waals surface area (Å²) in [5.41, 5.74) is 1.12. The second-order valence-electron chi connectivity index (χ2n) is 14.3. The Balaban J connectivity index is 1.62. The van der Waals surface area contributed by atoms with Crippen LogP contribution >= 0.6 is 0 Å². The molecule has 184 valence electrons. The van der Waals surface area contributed by atoms with Gasteiger partial charge in [0.2, 0.25) is 0 Å². The predicted octanol–water partition coefficient (Wildman–Crippen LogP) is 7.30. The van der Waals surface area contributed by atoms with Gasteiger partial charge in [0, 0.05) is 11.8 Å². The molecular formula is C30H46O3. The number of carbonyl (C=O) groups is 2. The first-order chi connectivity index (χ1) is 15.3. The first kappa shape index (κ1) is 23.6. The van der Waals surface area contributed by atoms with Crippen LogP contribution < -0.4 is 0 Å². The van der Waals surface area contributed by atoms with Crippen LogP contribution in [0.1, 0.15) is 106 Å². The Hall–Kier alpha value is -1.12. The van der Waals surface area contributed by atoms with Gasteiger partial charge in [-0.2, -0.15) is 0 Å². The van der Waals surface area contributed by atoms with Gasteiger partial charge in [-0.15, -0.1) is 0 Å². The number of carbonyl (C=O) groups excluding carboxylic acids is 1. The number of hydrogen-bond acceptors (Lipinski definition) is 2. The summed E-state index contributed by atoms with van der Waals surface area (Å²) in [6.07, 6.45) is 11.3. The van der Waals surface area contributed by atoms with E-state index in [9.17, 15) is 14.7 Å². The molecular weight excluding hydrogens is 408 g/mol. The zero-order chi connectivity index (χ0) is 24.2. The molecule has 0 aromatic heterocycles. The summed E-state index contributed by atoms with van der Waals surface area (Å²) < 4.78 is 0. The third kappa shape index (κ3) is 2.69. The number of rotatable bonds is 1. The molecule has 3 nitrogen and oxygen atoms in total. The number of fused-ring (bicyclic) bond motifs is 7. The molecule has 5 rings (SSSR count). The van der Waals surface area contributed by atoms with Crippen molar-refractivity contribution in [2.24, 2.45) is 56.7 Å². The lowest BCUT2D eigenvalue weighted by atomic mass is 9.33. The molecule has 0 heterocycles. The number of ketones is 1. The minimum atomic E-state index is -0.569. The van der Waals surface area contributed by atoms with Crippen molar-refractivity contribution in [3.8, 4) is 0 Å². The van der Waals surface area contributed by atoms with Crippen molar-refractivity contribution in [2.75, 3.05) is 0 Å². The van der Waals surface area contributed by atoms with Gasteiger partial charge in [-0.25, -0.2) is 0 Å². The van der Waals surface area contributed by atoms with Crippen molar-refractivity contribution in [3.63, 3.8) is 0 Å². The van der Waals surface area contributed by atoms with E-state index >= 15 is 0 Å². The molecule has 0 aromatic rings. The molecule has 0 radical (unpaired) electrons. The minimum Gasteiger partial charge on any atom is -0.481 e. The Kier molecular flexibility index (Phi) is 4.99. The molecule has 5 aliphatic carbocycles. The standard InChI is InChI=1S/C30H46O3/c1-18-10-15-30(25(32)33)17-16-28(6)20(24(30)19(18)2)8-9-22-27(5)13-12-23(31)26(3,4)21(27)11-14-29(22,28)7/h8,18-19,21-22,24H,9-17H2,1-7H3,(H,32,33)/t18-,19+,21?,22?,24+,27+,28-,29-,30+/m1/s1. The van der Waals surface area contributed by atoms with Crippen molar-refractivity contribution in [3.05, 3.63) is 11.6 Å². The fourth-order valence-electron chi connectivity index (χ4n) is 10.7. The molecule has 0 saturated heterocycles. The van der Waals surface area contributed by atoms with Crippen molar-refractivity contribution in [1.29, 1.82) is 0 Å². The second kappa shape index (κ2) is 6.97. The molecule has 4 fully saturated rings. The fraction of sp³-hybridized carbons (Fsp3) is 0.867. The molecule has 0 amide bonds. The SMILES string of the molecule is C[C@H]1[C@H](C)CC[C@]2(C(=O)O)CC[C@]3(C)C(=CCC4[C@@]5(C)CCC(=O)C(C)(C)C5CC[C@]43C)[C@H]12. The van der Waals surface area contributed by atoms with E-state index in [2.05, 4.69) is 54.5 Å². The van der Waals surface area contributed by atoms with Crippen LogP contribution in [0, 0.1) is 56.7 Å². The van der Waals surface area contributed by atoms with Crippen LogP contribution in [0.15, 0.2) is 11.6 Å². The van der Waals surface area contributed by atoms with Gasteiger partial charge in [0.15, 0.2) is 0 Å². The Morgan fingerprint density at radius 3 is 2.30 bits per heavy atom. The largest absolute Gasteiger partial charge is 0.481 e. The van der Waals surface area contributed by atoms with Crippen molar-refractivity contribution >= 4 is 11.8 Å². The summed E-state index contributed by atoms with van der Waals surface area (Å²) in [5, 5.41) is 10.5. The summed E-state index contributed by atoms with van der Waals surface area (Å²) in [4.78, 5) is 25.7. The average Bonchev–Trinajstić information content (AvgIpc) is 2.74. The highest BCUT2D eigenvalue weighted by Crippen LogP contribution is 2.75.